The molecule has 2 amide bonds. The lowest BCUT2D eigenvalue weighted by Crippen LogP contribution is -2.26. The van der Waals surface area contributed by atoms with Crippen molar-refractivity contribution < 1.29 is 14.0 Å². The van der Waals surface area contributed by atoms with Crippen LogP contribution < -0.4 is 5.32 Å². The Balaban J connectivity index is 1.71. The van der Waals surface area contributed by atoms with Crippen molar-refractivity contribution in [3.63, 3.8) is 0 Å². The summed E-state index contributed by atoms with van der Waals surface area (Å²) >= 11 is 1.35. The molecule has 132 valence electrons. The summed E-state index contributed by atoms with van der Waals surface area (Å²) < 4.78 is 13.8. The Labute approximate surface area is 154 Å². The van der Waals surface area contributed by atoms with Crippen LogP contribution in [0.2, 0.25) is 0 Å². The van der Waals surface area contributed by atoms with Crippen LogP contribution in [-0.4, -0.2) is 23.8 Å². The molecular weight excluding hydrogens is 351 g/mol. The third-order valence-corrected chi connectivity index (χ3v) is 4.69. The molecule has 3 rings (SSSR count). The molecular formula is C20H17FN2O2S. The highest BCUT2D eigenvalue weighted by molar-refractivity contribution is 7.12. The number of thiophene rings is 1. The Morgan fingerprint density at radius 1 is 1.08 bits per heavy atom. The number of hydrogen-bond acceptors (Lipinski definition) is 3. The molecule has 0 bridgehead atoms. The summed E-state index contributed by atoms with van der Waals surface area (Å²) in [4.78, 5) is 26.8. The zero-order valence-corrected chi connectivity index (χ0v) is 14.9. The minimum absolute atomic E-state index is 0.164. The normalized spacial score (nSPS) is 10.4. The number of anilines is 1. The fraction of sp³-hybridized carbons (Fsp3) is 0.100. The van der Waals surface area contributed by atoms with Crippen LogP contribution in [0.25, 0.3) is 0 Å². The smallest absolute Gasteiger partial charge is 0.265 e. The Morgan fingerprint density at radius 2 is 1.88 bits per heavy atom. The van der Waals surface area contributed by atoms with Crippen LogP contribution in [0.15, 0.2) is 66.0 Å². The molecule has 0 aliphatic carbocycles. The fourth-order valence-electron chi connectivity index (χ4n) is 2.50. The van der Waals surface area contributed by atoms with Crippen molar-refractivity contribution >= 4 is 28.8 Å². The molecule has 0 aliphatic heterocycles. The van der Waals surface area contributed by atoms with E-state index < -0.39 is 0 Å². The van der Waals surface area contributed by atoms with Crippen LogP contribution in [-0.2, 0) is 6.54 Å². The molecule has 0 atom stereocenters. The van der Waals surface area contributed by atoms with Crippen LogP contribution in [0.3, 0.4) is 0 Å². The van der Waals surface area contributed by atoms with Crippen LogP contribution in [0, 0.1) is 5.82 Å². The first kappa shape index (κ1) is 17.8. The highest BCUT2D eigenvalue weighted by atomic mass is 32.1. The summed E-state index contributed by atoms with van der Waals surface area (Å²) in [6.45, 7) is 0.164. The number of rotatable bonds is 5. The predicted molar refractivity (Wildman–Crippen MR) is 101 cm³/mol. The molecule has 26 heavy (non-hydrogen) atoms. The summed E-state index contributed by atoms with van der Waals surface area (Å²) in [5.41, 5.74) is 1.41. The van der Waals surface area contributed by atoms with Crippen molar-refractivity contribution in [2.45, 2.75) is 6.54 Å². The van der Waals surface area contributed by atoms with Gasteiger partial charge in [-0.15, -0.1) is 11.3 Å². The van der Waals surface area contributed by atoms with E-state index in [0.29, 0.717) is 21.7 Å². The summed E-state index contributed by atoms with van der Waals surface area (Å²) in [6, 6.07) is 16.6. The number of halogens is 1. The minimum Gasteiger partial charge on any atom is -0.337 e. The average molecular weight is 368 g/mol. The van der Waals surface area contributed by atoms with Gasteiger partial charge in [0.2, 0.25) is 0 Å². The van der Waals surface area contributed by atoms with E-state index in [0.717, 1.165) is 0 Å². The van der Waals surface area contributed by atoms with Crippen LogP contribution >= 0.6 is 11.3 Å². The zero-order chi connectivity index (χ0) is 18.5. The first-order chi connectivity index (χ1) is 12.5. The van der Waals surface area contributed by atoms with Gasteiger partial charge in [-0.1, -0.05) is 30.3 Å². The molecule has 0 saturated carbocycles. The number of amides is 2. The van der Waals surface area contributed by atoms with E-state index in [9.17, 15) is 14.0 Å². The second-order valence-corrected chi connectivity index (χ2v) is 6.71. The molecule has 0 aliphatic rings. The summed E-state index contributed by atoms with van der Waals surface area (Å²) in [5, 5.41) is 4.60. The highest BCUT2D eigenvalue weighted by Gasteiger charge is 2.15. The molecule has 0 spiro atoms. The predicted octanol–water partition coefficient (Wildman–Crippen LogP) is 4.41. The van der Waals surface area contributed by atoms with Crippen LogP contribution in [0.4, 0.5) is 10.1 Å². The molecule has 4 nitrogen and oxygen atoms in total. The number of carbonyl (C=O) groups is 2. The molecule has 1 aromatic heterocycles. The van der Waals surface area contributed by atoms with E-state index in [2.05, 4.69) is 5.32 Å². The van der Waals surface area contributed by atoms with Crippen molar-refractivity contribution in [1.82, 2.24) is 4.90 Å². The number of benzene rings is 2. The SMILES string of the molecule is CN(Cc1ccccc1F)C(=O)c1cccc(NC(=O)c2cccs2)c1. The average Bonchev–Trinajstić information content (AvgIpc) is 3.18. The number of hydrogen-bond donors (Lipinski definition) is 1. The Hall–Kier alpha value is -2.99. The molecule has 1 N–H and O–H groups in total. The van der Waals surface area contributed by atoms with E-state index in [1.807, 2.05) is 5.38 Å². The van der Waals surface area contributed by atoms with Gasteiger partial charge in [-0.05, 0) is 35.7 Å². The molecule has 1 heterocycles. The van der Waals surface area contributed by atoms with Gasteiger partial charge in [0.25, 0.3) is 11.8 Å². The number of nitrogens with zero attached hydrogens (tertiary/aromatic N) is 1. The van der Waals surface area contributed by atoms with E-state index in [4.69, 9.17) is 0 Å². The fourth-order valence-corrected chi connectivity index (χ4v) is 3.12. The first-order valence-electron chi connectivity index (χ1n) is 7.98. The molecule has 0 fully saturated rings. The third kappa shape index (κ3) is 4.15. The maximum Gasteiger partial charge on any atom is 0.265 e. The summed E-state index contributed by atoms with van der Waals surface area (Å²) in [5.74, 6) is -0.811. The van der Waals surface area contributed by atoms with E-state index in [-0.39, 0.29) is 24.2 Å². The second-order valence-electron chi connectivity index (χ2n) is 5.76. The van der Waals surface area contributed by atoms with Gasteiger partial charge in [-0.25, -0.2) is 4.39 Å². The van der Waals surface area contributed by atoms with Crippen molar-refractivity contribution in [2.75, 3.05) is 12.4 Å². The molecule has 6 heteroatoms. The second kappa shape index (κ2) is 7.93. The van der Waals surface area contributed by atoms with E-state index in [1.165, 1.54) is 22.3 Å². The van der Waals surface area contributed by atoms with Gasteiger partial charge in [-0.3, -0.25) is 9.59 Å². The molecule has 0 unspecified atom stereocenters. The van der Waals surface area contributed by atoms with Gasteiger partial charge in [0.15, 0.2) is 0 Å². The molecule has 2 aromatic carbocycles. The van der Waals surface area contributed by atoms with Crippen molar-refractivity contribution in [1.29, 1.82) is 0 Å². The number of nitrogens with one attached hydrogen (secondary N) is 1. The zero-order valence-electron chi connectivity index (χ0n) is 14.1. The van der Waals surface area contributed by atoms with Gasteiger partial charge in [0.1, 0.15) is 5.82 Å². The lowest BCUT2D eigenvalue weighted by atomic mass is 10.1. The summed E-state index contributed by atoms with van der Waals surface area (Å²) in [7, 11) is 1.62. The van der Waals surface area contributed by atoms with Crippen LogP contribution in [0.5, 0.6) is 0 Å². The van der Waals surface area contributed by atoms with Crippen molar-refractivity contribution in [2.24, 2.45) is 0 Å². The summed E-state index contributed by atoms with van der Waals surface area (Å²) in [6.07, 6.45) is 0. The largest absolute Gasteiger partial charge is 0.337 e. The molecule has 0 saturated heterocycles. The maximum absolute atomic E-state index is 13.8. The molecule has 0 radical (unpaired) electrons. The molecule has 3 aromatic rings. The topological polar surface area (TPSA) is 49.4 Å². The van der Waals surface area contributed by atoms with Gasteiger partial charge in [-0.2, -0.15) is 0 Å². The first-order valence-corrected chi connectivity index (χ1v) is 8.86. The third-order valence-electron chi connectivity index (χ3n) is 3.82. The van der Waals surface area contributed by atoms with Gasteiger partial charge in [0, 0.05) is 30.4 Å². The Bertz CT molecular complexity index is 925. The van der Waals surface area contributed by atoms with Gasteiger partial charge in [0.05, 0.1) is 4.88 Å². The maximum atomic E-state index is 13.8. The van der Waals surface area contributed by atoms with Crippen LogP contribution in [0.1, 0.15) is 25.6 Å². The van der Waals surface area contributed by atoms with Gasteiger partial charge < -0.3 is 10.2 Å². The lowest BCUT2D eigenvalue weighted by molar-refractivity contribution is 0.0783. The van der Waals surface area contributed by atoms with Gasteiger partial charge >= 0.3 is 0 Å². The quantitative estimate of drug-likeness (QED) is 0.725. The van der Waals surface area contributed by atoms with E-state index >= 15 is 0 Å². The van der Waals surface area contributed by atoms with Crippen molar-refractivity contribution in [3.8, 4) is 0 Å². The minimum atomic E-state index is -0.343. The Morgan fingerprint density at radius 3 is 2.62 bits per heavy atom. The lowest BCUT2D eigenvalue weighted by Gasteiger charge is -2.18. The van der Waals surface area contributed by atoms with E-state index in [1.54, 1.807) is 61.6 Å². The highest BCUT2D eigenvalue weighted by Crippen LogP contribution is 2.17. The number of carbonyl (C=O) groups excluding carboxylic acids is 2. The van der Waals surface area contributed by atoms with Crippen molar-refractivity contribution in [3.05, 3.63) is 87.9 Å². The Kier molecular flexibility index (Phi) is 5.43. The monoisotopic (exact) mass is 368 g/mol. The standard InChI is InChI=1S/C20H17FN2O2S/c1-23(13-15-6-2-3-9-17(15)21)20(25)14-7-4-8-16(12-14)22-19(24)18-10-5-11-26-18/h2-12H,13H2,1H3,(H,22,24).